The van der Waals surface area contributed by atoms with Crippen molar-refractivity contribution in [3.63, 3.8) is 0 Å². The van der Waals surface area contributed by atoms with Crippen LogP contribution in [0.2, 0.25) is 0 Å². The number of pyridine rings is 1. The molecule has 0 fully saturated rings. The minimum Gasteiger partial charge on any atom is -0.496 e. The lowest BCUT2D eigenvalue weighted by Crippen LogP contribution is -2.07. The molecule has 0 saturated heterocycles. The molecule has 0 unspecified atom stereocenters. The van der Waals surface area contributed by atoms with E-state index in [4.69, 9.17) is 9.72 Å². The van der Waals surface area contributed by atoms with Crippen molar-refractivity contribution in [2.45, 2.75) is 13.8 Å². The highest BCUT2D eigenvalue weighted by molar-refractivity contribution is 5.87. The van der Waals surface area contributed by atoms with Crippen LogP contribution in [0.15, 0.2) is 42.5 Å². The molecule has 2 aromatic carbocycles. The summed E-state index contributed by atoms with van der Waals surface area (Å²) in [7, 11) is 5.79. The molecule has 3 rings (SSSR count). The first-order valence-electron chi connectivity index (χ1n) is 7.73. The molecule has 0 amide bonds. The van der Waals surface area contributed by atoms with Crippen LogP contribution in [-0.2, 0) is 0 Å². The fraction of sp³-hybridized carbons (Fsp3) is 0.250. The van der Waals surface area contributed by atoms with E-state index in [-0.39, 0.29) is 0 Å². The molecule has 0 spiro atoms. The highest BCUT2D eigenvalue weighted by atomic mass is 16.5. The maximum absolute atomic E-state index is 5.44. The summed E-state index contributed by atoms with van der Waals surface area (Å²) in [5.41, 5.74) is 6.63. The van der Waals surface area contributed by atoms with Crippen molar-refractivity contribution in [2.75, 3.05) is 26.1 Å². The summed E-state index contributed by atoms with van der Waals surface area (Å²) in [6.07, 6.45) is 0. The van der Waals surface area contributed by atoms with Crippen molar-refractivity contribution >= 4 is 16.6 Å². The molecule has 3 aromatic rings. The van der Waals surface area contributed by atoms with Crippen molar-refractivity contribution in [3.8, 4) is 17.0 Å². The Balaban J connectivity index is 2.13. The third kappa shape index (κ3) is 2.87. The predicted molar refractivity (Wildman–Crippen MR) is 97.5 cm³/mol. The Morgan fingerprint density at radius 1 is 0.913 bits per heavy atom. The summed E-state index contributed by atoms with van der Waals surface area (Å²) in [6, 6.07) is 14.8. The standard InChI is InChI=1S/C20H22N2O/c1-13-11-18(15-6-8-16(9-7-15)22(3)4)21-19-12-20(23-5)14(2)10-17(13)19/h6-12H,1-5H3. The summed E-state index contributed by atoms with van der Waals surface area (Å²) >= 11 is 0. The predicted octanol–water partition coefficient (Wildman–Crippen LogP) is 4.59. The Morgan fingerprint density at radius 3 is 2.22 bits per heavy atom. The average Bonchev–Trinajstić information content (AvgIpc) is 2.55. The van der Waals surface area contributed by atoms with E-state index < -0.39 is 0 Å². The van der Waals surface area contributed by atoms with Gasteiger partial charge in [-0.1, -0.05) is 12.1 Å². The van der Waals surface area contributed by atoms with Crippen molar-refractivity contribution in [1.29, 1.82) is 0 Å². The number of hydrogen-bond acceptors (Lipinski definition) is 3. The number of nitrogens with zero attached hydrogens (tertiary/aromatic N) is 2. The first-order valence-corrected chi connectivity index (χ1v) is 7.73. The Kier molecular flexibility index (Phi) is 3.95. The number of aryl methyl sites for hydroxylation is 2. The van der Waals surface area contributed by atoms with Gasteiger partial charge in [-0.3, -0.25) is 0 Å². The fourth-order valence-corrected chi connectivity index (χ4v) is 2.83. The van der Waals surface area contributed by atoms with Crippen LogP contribution in [0.4, 0.5) is 5.69 Å². The number of methoxy groups -OCH3 is 1. The van der Waals surface area contributed by atoms with Gasteiger partial charge in [-0.2, -0.15) is 0 Å². The molecule has 0 aliphatic heterocycles. The van der Waals surface area contributed by atoms with Crippen LogP contribution in [0.25, 0.3) is 22.2 Å². The maximum Gasteiger partial charge on any atom is 0.123 e. The van der Waals surface area contributed by atoms with Crippen LogP contribution in [0.5, 0.6) is 5.75 Å². The van der Waals surface area contributed by atoms with Crippen molar-refractivity contribution in [1.82, 2.24) is 4.98 Å². The lowest BCUT2D eigenvalue weighted by Gasteiger charge is -2.13. The Bertz CT molecular complexity index is 852. The Labute approximate surface area is 137 Å². The lowest BCUT2D eigenvalue weighted by atomic mass is 10.0. The van der Waals surface area contributed by atoms with Gasteiger partial charge in [0, 0.05) is 36.8 Å². The monoisotopic (exact) mass is 306 g/mol. The molecule has 0 saturated carbocycles. The zero-order valence-electron chi connectivity index (χ0n) is 14.3. The Morgan fingerprint density at radius 2 is 1.61 bits per heavy atom. The van der Waals surface area contributed by atoms with Gasteiger partial charge >= 0.3 is 0 Å². The number of anilines is 1. The fourth-order valence-electron chi connectivity index (χ4n) is 2.83. The molecule has 0 radical (unpaired) electrons. The van der Waals surface area contributed by atoms with Crippen LogP contribution in [0, 0.1) is 13.8 Å². The van der Waals surface area contributed by atoms with E-state index in [1.807, 2.05) is 20.2 Å². The molecule has 0 atom stereocenters. The number of fused-ring (bicyclic) bond motifs is 1. The van der Waals surface area contributed by atoms with Gasteiger partial charge in [-0.25, -0.2) is 4.98 Å². The van der Waals surface area contributed by atoms with Crippen LogP contribution in [0.3, 0.4) is 0 Å². The van der Waals surface area contributed by atoms with E-state index in [0.29, 0.717) is 0 Å². The van der Waals surface area contributed by atoms with Gasteiger partial charge in [0.15, 0.2) is 0 Å². The van der Waals surface area contributed by atoms with Crippen LogP contribution >= 0.6 is 0 Å². The van der Waals surface area contributed by atoms with E-state index in [9.17, 15) is 0 Å². The highest BCUT2D eigenvalue weighted by Gasteiger charge is 2.09. The quantitative estimate of drug-likeness (QED) is 0.707. The average molecular weight is 306 g/mol. The molecule has 118 valence electrons. The number of rotatable bonds is 3. The second-order valence-corrected chi connectivity index (χ2v) is 6.10. The molecule has 0 bridgehead atoms. The molecule has 0 aliphatic rings. The van der Waals surface area contributed by atoms with Gasteiger partial charge < -0.3 is 9.64 Å². The number of aromatic nitrogens is 1. The molecule has 0 aliphatic carbocycles. The summed E-state index contributed by atoms with van der Waals surface area (Å²) < 4.78 is 5.44. The number of hydrogen-bond donors (Lipinski definition) is 0. The van der Waals surface area contributed by atoms with Gasteiger partial charge in [0.1, 0.15) is 5.75 Å². The third-order valence-corrected chi connectivity index (χ3v) is 4.21. The zero-order valence-corrected chi connectivity index (χ0v) is 14.3. The zero-order chi connectivity index (χ0) is 16.6. The van der Waals surface area contributed by atoms with Crippen LogP contribution < -0.4 is 9.64 Å². The molecular weight excluding hydrogens is 284 g/mol. The summed E-state index contributed by atoms with van der Waals surface area (Å²) in [6.45, 7) is 4.19. The minimum absolute atomic E-state index is 0.879. The van der Waals surface area contributed by atoms with Gasteiger partial charge in [-0.05, 0) is 49.2 Å². The molecule has 1 aromatic heterocycles. The normalized spacial score (nSPS) is 10.8. The summed E-state index contributed by atoms with van der Waals surface area (Å²) in [5.74, 6) is 0.879. The molecule has 3 nitrogen and oxygen atoms in total. The Hall–Kier alpha value is -2.55. The third-order valence-electron chi connectivity index (χ3n) is 4.21. The second kappa shape index (κ2) is 5.92. The number of benzene rings is 2. The van der Waals surface area contributed by atoms with Crippen molar-refractivity contribution in [2.24, 2.45) is 0 Å². The van der Waals surface area contributed by atoms with Crippen molar-refractivity contribution < 1.29 is 4.74 Å². The maximum atomic E-state index is 5.44. The SMILES string of the molecule is COc1cc2nc(-c3ccc(N(C)C)cc3)cc(C)c2cc1C. The molecule has 3 heteroatoms. The highest BCUT2D eigenvalue weighted by Crippen LogP contribution is 2.30. The first-order chi connectivity index (χ1) is 11.0. The van der Waals surface area contributed by atoms with E-state index in [2.05, 4.69) is 55.1 Å². The van der Waals surface area contributed by atoms with Crippen LogP contribution in [-0.4, -0.2) is 26.2 Å². The van der Waals surface area contributed by atoms with E-state index in [0.717, 1.165) is 28.1 Å². The second-order valence-electron chi connectivity index (χ2n) is 6.10. The summed E-state index contributed by atoms with van der Waals surface area (Å²) in [5, 5.41) is 1.18. The molecule has 0 N–H and O–H groups in total. The van der Waals surface area contributed by atoms with E-state index in [1.54, 1.807) is 7.11 Å². The van der Waals surface area contributed by atoms with Gasteiger partial charge in [0.25, 0.3) is 0 Å². The topological polar surface area (TPSA) is 25.4 Å². The number of ether oxygens (including phenoxy) is 1. The van der Waals surface area contributed by atoms with Gasteiger partial charge in [0.2, 0.25) is 0 Å². The first kappa shape index (κ1) is 15.3. The molecule has 1 heterocycles. The van der Waals surface area contributed by atoms with Crippen molar-refractivity contribution in [3.05, 3.63) is 53.6 Å². The minimum atomic E-state index is 0.879. The van der Waals surface area contributed by atoms with Crippen LogP contribution in [0.1, 0.15) is 11.1 Å². The smallest absolute Gasteiger partial charge is 0.123 e. The lowest BCUT2D eigenvalue weighted by molar-refractivity contribution is 0.412. The molecular formula is C20H22N2O. The van der Waals surface area contributed by atoms with E-state index >= 15 is 0 Å². The van der Waals surface area contributed by atoms with Gasteiger partial charge in [0.05, 0.1) is 18.3 Å². The van der Waals surface area contributed by atoms with E-state index in [1.165, 1.54) is 16.6 Å². The van der Waals surface area contributed by atoms with Gasteiger partial charge in [-0.15, -0.1) is 0 Å². The largest absolute Gasteiger partial charge is 0.496 e. The molecule has 23 heavy (non-hydrogen) atoms. The summed E-state index contributed by atoms with van der Waals surface area (Å²) in [4.78, 5) is 6.93.